The van der Waals surface area contributed by atoms with E-state index in [2.05, 4.69) is 13.0 Å². The SMILES string of the molecule is [CH2-]C(=O)c1[c-]cccc1.[Pd+2]. The van der Waals surface area contributed by atoms with Crippen molar-refractivity contribution in [1.82, 2.24) is 0 Å². The zero-order valence-electron chi connectivity index (χ0n) is 5.24. The van der Waals surface area contributed by atoms with Gasteiger partial charge in [-0.05, 0) is 0 Å². The fourth-order valence-corrected chi connectivity index (χ4v) is 0.567. The summed E-state index contributed by atoms with van der Waals surface area (Å²) in [5, 5.41) is 0. The third-order valence-electron chi connectivity index (χ3n) is 1.01. The summed E-state index contributed by atoms with van der Waals surface area (Å²) in [6.45, 7) is 3.24. The standard InChI is InChI=1S/C8H6O.Pd/c1-7(9)8-5-3-2-4-6-8;/h2-5H,1H2;/q-2;+2. The molecule has 1 rings (SSSR count). The first-order chi connectivity index (χ1) is 4.30. The minimum atomic E-state index is -0.185. The average Bonchev–Trinajstić information content (AvgIpc) is 1.90. The Kier molecular flexibility index (Phi) is 4.02. The summed E-state index contributed by atoms with van der Waals surface area (Å²) in [5.74, 6) is -0.185. The van der Waals surface area contributed by atoms with E-state index in [1.807, 2.05) is 6.07 Å². The molecule has 1 aromatic carbocycles. The van der Waals surface area contributed by atoms with E-state index in [4.69, 9.17) is 0 Å². The minimum Gasteiger partial charge on any atom is -0.389 e. The molecular weight excluding hydrogens is 219 g/mol. The molecule has 0 heterocycles. The number of rotatable bonds is 1. The first-order valence-corrected chi connectivity index (χ1v) is 2.64. The number of hydrogen-bond acceptors (Lipinski definition) is 1. The fourth-order valence-electron chi connectivity index (χ4n) is 0.567. The molecule has 0 spiro atoms. The average molecular weight is 225 g/mol. The Balaban J connectivity index is 0.000000810. The topological polar surface area (TPSA) is 17.1 Å². The molecule has 0 aliphatic rings. The first kappa shape index (κ1) is 9.42. The Labute approximate surface area is 74.1 Å². The van der Waals surface area contributed by atoms with E-state index < -0.39 is 0 Å². The molecule has 0 amide bonds. The molecule has 0 aliphatic heterocycles. The van der Waals surface area contributed by atoms with Gasteiger partial charge < -0.3 is 4.79 Å². The second kappa shape index (κ2) is 4.27. The van der Waals surface area contributed by atoms with Gasteiger partial charge in [-0.2, -0.15) is 12.1 Å². The summed E-state index contributed by atoms with van der Waals surface area (Å²) < 4.78 is 0. The Bertz CT molecular complexity index is 206. The van der Waals surface area contributed by atoms with E-state index in [0.29, 0.717) is 5.56 Å². The van der Waals surface area contributed by atoms with Crippen LogP contribution in [0.5, 0.6) is 0 Å². The largest absolute Gasteiger partial charge is 2.00 e. The van der Waals surface area contributed by atoms with Crippen LogP contribution in [0.2, 0.25) is 0 Å². The van der Waals surface area contributed by atoms with Crippen molar-refractivity contribution in [3.05, 3.63) is 42.8 Å². The zero-order valence-corrected chi connectivity index (χ0v) is 6.80. The minimum absolute atomic E-state index is 0. The Morgan fingerprint density at radius 3 is 2.50 bits per heavy atom. The van der Waals surface area contributed by atoms with Crippen molar-refractivity contribution >= 4 is 5.78 Å². The molecule has 10 heavy (non-hydrogen) atoms. The molecule has 0 bridgehead atoms. The molecule has 0 aliphatic carbocycles. The number of Topliss-reactive ketones (excluding diaryl/α,β-unsaturated/α-hetero) is 1. The van der Waals surface area contributed by atoms with E-state index >= 15 is 0 Å². The van der Waals surface area contributed by atoms with Gasteiger partial charge in [0.15, 0.2) is 0 Å². The van der Waals surface area contributed by atoms with E-state index in [1.165, 1.54) is 0 Å². The van der Waals surface area contributed by atoms with Crippen molar-refractivity contribution in [2.45, 2.75) is 0 Å². The van der Waals surface area contributed by atoms with Crippen LogP contribution in [-0.2, 0) is 20.4 Å². The molecule has 0 atom stereocenters. The number of hydrogen-bond donors (Lipinski definition) is 0. The van der Waals surface area contributed by atoms with Gasteiger partial charge in [0, 0.05) is 0 Å². The van der Waals surface area contributed by atoms with Crippen molar-refractivity contribution in [3.8, 4) is 0 Å². The van der Waals surface area contributed by atoms with E-state index in [-0.39, 0.29) is 26.2 Å². The van der Waals surface area contributed by atoms with Gasteiger partial charge in [-0.15, -0.1) is 6.07 Å². The van der Waals surface area contributed by atoms with Crippen LogP contribution in [0.4, 0.5) is 0 Å². The molecule has 0 radical (unpaired) electrons. The molecule has 54 valence electrons. The second-order valence-corrected chi connectivity index (χ2v) is 1.70. The molecule has 0 aromatic heterocycles. The Hall–Kier alpha value is -0.578. The molecule has 0 N–H and O–H groups in total. The fraction of sp³-hybridized carbons (Fsp3) is 0. The number of carbonyl (C=O) groups is 1. The van der Waals surface area contributed by atoms with Gasteiger partial charge in [0.1, 0.15) is 0 Å². The number of ketones is 1. The third kappa shape index (κ3) is 2.35. The van der Waals surface area contributed by atoms with Crippen molar-refractivity contribution in [1.29, 1.82) is 0 Å². The molecule has 0 fully saturated rings. The Morgan fingerprint density at radius 2 is 2.20 bits per heavy atom. The molecule has 2 heteroatoms. The van der Waals surface area contributed by atoms with E-state index in [9.17, 15) is 4.79 Å². The van der Waals surface area contributed by atoms with Crippen LogP contribution < -0.4 is 0 Å². The summed E-state index contributed by atoms with van der Waals surface area (Å²) in [6.07, 6.45) is 0. The summed E-state index contributed by atoms with van der Waals surface area (Å²) in [4.78, 5) is 10.5. The van der Waals surface area contributed by atoms with Crippen LogP contribution in [0.15, 0.2) is 24.3 Å². The van der Waals surface area contributed by atoms with Crippen LogP contribution in [0.1, 0.15) is 10.4 Å². The van der Waals surface area contributed by atoms with Gasteiger partial charge in [0.2, 0.25) is 0 Å². The molecule has 0 unspecified atom stereocenters. The predicted molar refractivity (Wildman–Crippen MR) is 35.0 cm³/mol. The van der Waals surface area contributed by atoms with Crippen molar-refractivity contribution in [3.63, 3.8) is 0 Å². The van der Waals surface area contributed by atoms with Crippen LogP contribution in [-0.4, -0.2) is 5.78 Å². The monoisotopic (exact) mass is 224 g/mol. The molecule has 1 nitrogen and oxygen atoms in total. The van der Waals surface area contributed by atoms with Gasteiger partial charge in [-0.3, -0.25) is 5.56 Å². The molecule has 0 saturated heterocycles. The van der Waals surface area contributed by atoms with Gasteiger partial charge in [-0.1, -0.05) is 5.78 Å². The van der Waals surface area contributed by atoms with E-state index in [0.717, 1.165) is 0 Å². The van der Waals surface area contributed by atoms with E-state index in [1.54, 1.807) is 18.2 Å². The van der Waals surface area contributed by atoms with Crippen LogP contribution in [0.25, 0.3) is 0 Å². The van der Waals surface area contributed by atoms with Crippen molar-refractivity contribution in [2.24, 2.45) is 0 Å². The maximum absolute atomic E-state index is 10.5. The molecule has 1 aromatic rings. The molecular formula is C8H6OPd. The predicted octanol–water partition coefficient (Wildman–Crippen LogP) is 1.50. The number of carbonyl (C=O) groups excluding carboxylic acids is 1. The van der Waals surface area contributed by atoms with Gasteiger partial charge >= 0.3 is 20.4 Å². The van der Waals surface area contributed by atoms with Crippen molar-refractivity contribution in [2.75, 3.05) is 0 Å². The Morgan fingerprint density at radius 1 is 1.50 bits per heavy atom. The smallest absolute Gasteiger partial charge is 0.389 e. The maximum atomic E-state index is 10.5. The molecule has 0 saturated carbocycles. The summed E-state index contributed by atoms with van der Waals surface area (Å²) in [5.41, 5.74) is 0.539. The van der Waals surface area contributed by atoms with Crippen LogP contribution in [0.3, 0.4) is 0 Å². The van der Waals surface area contributed by atoms with Gasteiger partial charge in [0.05, 0.1) is 0 Å². The second-order valence-electron chi connectivity index (χ2n) is 1.70. The van der Waals surface area contributed by atoms with Gasteiger partial charge in [-0.25, -0.2) is 19.1 Å². The normalized spacial score (nSPS) is 8.00. The summed E-state index contributed by atoms with van der Waals surface area (Å²) in [7, 11) is 0. The summed E-state index contributed by atoms with van der Waals surface area (Å²) in [6, 6.07) is 9.74. The van der Waals surface area contributed by atoms with Crippen LogP contribution in [0, 0.1) is 13.0 Å². The zero-order chi connectivity index (χ0) is 6.69. The van der Waals surface area contributed by atoms with Crippen LogP contribution >= 0.6 is 0 Å². The van der Waals surface area contributed by atoms with Crippen molar-refractivity contribution < 1.29 is 25.2 Å². The first-order valence-electron chi connectivity index (χ1n) is 2.64. The van der Waals surface area contributed by atoms with Gasteiger partial charge in [0.25, 0.3) is 0 Å². The quantitative estimate of drug-likeness (QED) is 0.401. The third-order valence-corrected chi connectivity index (χ3v) is 1.01. The maximum Gasteiger partial charge on any atom is 2.00 e. The number of benzene rings is 1. The summed E-state index contributed by atoms with van der Waals surface area (Å²) >= 11 is 0.